The van der Waals surface area contributed by atoms with Crippen molar-refractivity contribution in [2.75, 3.05) is 26.7 Å². The fourth-order valence-corrected chi connectivity index (χ4v) is 2.72. The standard InChI is InChI=1S/C14H20N4O/c1-9-17-11-7-10(3-4-13(11)19-9)14(15)12-8-16-5-6-18(12)2/h3-4,7,12,14,16H,5-6,8,15H2,1-2H3. The molecule has 0 saturated carbocycles. The number of oxazole rings is 1. The van der Waals surface area contributed by atoms with E-state index in [1.54, 1.807) is 0 Å². The number of benzene rings is 1. The summed E-state index contributed by atoms with van der Waals surface area (Å²) in [5.41, 5.74) is 9.24. The molecular weight excluding hydrogens is 240 g/mol. The van der Waals surface area contributed by atoms with Gasteiger partial charge in [-0.25, -0.2) is 4.98 Å². The van der Waals surface area contributed by atoms with Crippen molar-refractivity contribution < 1.29 is 4.42 Å². The Morgan fingerprint density at radius 3 is 3.16 bits per heavy atom. The predicted molar refractivity (Wildman–Crippen MR) is 75.0 cm³/mol. The Kier molecular flexibility index (Phi) is 3.26. The number of aryl methyl sites for hydroxylation is 1. The molecule has 1 aromatic heterocycles. The van der Waals surface area contributed by atoms with E-state index in [-0.39, 0.29) is 6.04 Å². The number of nitrogens with two attached hydrogens (primary N) is 1. The van der Waals surface area contributed by atoms with Crippen LogP contribution in [0.4, 0.5) is 0 Å². The Hall–Kier alpha value is -1.43. The van der Waals surface area contributed by atoms with Crippen molar-refractivity contribution in [3.8, 4) is 0 Å². The van der Waals surface area contributed by atoms with Crippen LogP contribution in [0.3, 0.4) is 0 Å². The van der Waals surface area contributed by atoms with E-state index in [1.807, 2.05) is 25.1 Å². The first-order valence-corrected chi connectivity index (χ1v) is 6.69. The molecule has 2 aromatic rings. The van der Waals surface area contributed by atoms with Crippen LogP contribution in [0.5, 0.6) is 0 Å². The van der Waals surface area contributed by atoms with E-state index >= 15 is 0 Å². The summed E-state index contributed by atoms with van der Waals surface area (Å²) in [7, 11) is 2.13. The molecule has 0 bridgehead atoms. The van der Waals surface area contributed by atoms with Gasteiger partial charge in [0.25, 0.3) is 0 Å². The fraction of sp³-hybridized carbons (Fsp3) is 0.500. The lowest BCUT2D eigenvalue weighted by atomic mass is 9.97. The Balaban J connectivity index is 1.89. The van der Waals surface area contributed by atoms with Gasteiger partial charge in [-0.2, -0.15) is 0 Å². The highest BCUT2D eigenvalue weighted by Crippen LogP contribution is 2.23. The summed E-state index contributed by atoms with van der Waals surface area (Å²) >= 11 is 0. The largest absolute Gasteiger partial charge is 0.441 e. The lowest BCUT2D eigenvalue weighted by Crippen LogP contribution is -2.53. The quantitative estimate of drug-likeness (QED) is 0.844. The maximum absolute atomic E-state index is 6.42. The SMILES string of the molecule is Cc1nc2cc(C(N)C3CNCCN3C)ccc2o1. The maximum Gasteiger partial charge on any atom is 0.192 e. The molecule has 3 N–H and O–H groups in total. The molecule has 1 aromatic carbocycles. The monoisotopic (exact) mass is 260 g/mol. The summed E-state index contributed by atoms with van der Waals surface area (Å²) < 4.78 is 5.49. The Morgan fingerprint density at radius 2 is 2.37 bits per heavy atom. The molecule has 1 fully saturated rings. The topological polar surface area (TPSA) is 67.3 Å². The minimum atomic E-state index is -0.0146. The van der Waals surface area contributed by atoms with Crippen LogP contribution in [0.15, 0.2) is 22.6 Å². The maximum atomic E-state index is 6.42. The minimum Gasteiger partial charge on any atom is -0.441 e. The number of hydrogen-bond donors (Lipinski definition) is 2. The molecule has 1 aliphatic rings. The molecular formula is C14H20N4O. The van der Waals surface area contributed by atoms with Gasteiger partial charge >= 0.3 is 0 Å². The lowest BCUT2D eigenvalue weighted by molar-refractivity contribution is 0.174. The van der Waals surface area contributed by atoms with E-state index in [0.29, 0.717) is 11.9 Å². The molecule has 2 heterocycles. The van der Waals surface area contributed by atoms with Gasteiger partial charge in [0, 0.05) is 38.6 Å². The van der Waals surface area contributed by atoms with Gasteiger partial charge in [-0.3, -0.25) is 4.90 Å². The number of likely N-dealkylation sites (N-methyl/N-ethyl adjacent to an activating group) is 1. The smallest absolute Gasteiger partial charge is 0.192 e. The summed E-state index contributed by atoms with van der Waals surface area (Å²) in [6.07, 6.45) is 0. The van der Waals surface area contributed by atoms with E-state index in [0.717, 1.165) is 36.3 Å². The van der Waals surface area contributed by atoms with Crippen LogP contribution in [0.25, 0.3) is 11.1 Å². The number of nitrogens with one attached hydrogen (secondary N) is 1. The van der Waals surface area contributed by atoms with Crippen molar-refractivity contribution >= 4 is 11.1 Å². The predicted octanol–water partition coefficient (Wildman–Crippen LogP) is 1.04. The number of piperazine rings is 1. The van der Waals surface area contributed by atoms with Gasteiger partial charge in [0.1, 0.15) is 5.52 Å². The van der Waals surface area contributed by atoms with Crippen LogP contribution in [0, 0.1) is 6.92 Å². The van der Waals surface area contributed by atoms with Crippen molar-refractivity contribution in [3.05, 3.63) is 29.7 Å². The van der Waals surface area contributed by atoms with Gasteiger partial charge in [-0.05, 0) is 24.7 Å². The molecule has 0 aliphatic carbocycles. The zero-order valence-electron chi connectivity index (χ0n) is 11.4. The van der Waals surface area contributed by atoms with Crippen LogP contribution in [0.1, 0.15) is 17.5 Å². The first-order chi connectivity index (χ1) is 9.15. The molecule has 19 heavy (non-hydrogen) atoms. The third-order valence-corrected chi connectivity index (χ3v) is 3.88. The van der Waals surface area contributed by atoms with Gasteiger partial charge in [0.05, 0.1) is 0 Å². The van der Waals surface area contributed by atoms with Crippen molar-refractivity contribution in [1.82, 2.24) is 15.2 Å². The Morgan fingerprint density at radius 1 is 1.53 bits per heavy atom. The lowest BCUT2D eigenvalue weighted by Gasteiger charge is -2.37. The van der Waals surface area contributed by atoms with Crippen LogP contribution in [-0.2, 0) is 0 Å². The fourth-order valence-electron chi connectivity index (χ4n) is 2.72. The zero-order chi connectivity index (χ0) is 13.4. The summed E-state index contributed by atoms with van der Waals surface area (Å²) in [6, 6.07) is 6.35. The van der Waals surface area contributed by atoms with Crippen molar-refractivity contribution in [2.45, 2.75) is 19.0 Å². The number of fused-ring (bicyclic) bond motifs is 1. The van der Waals surface area contributed by atoms with Crippen molar-refractivity contribution in [2.24, 2.45) is 5.73 Å². The average molecular weight is 260 g/mol. The van der Waals surface area contributed by atoms with E-state index in [2.05, 4.69) is 22.2 Å². The van der Waals surface area contributed by atoms with Crippen LogP contribution < -0.4 is 11.1 Å². The summed E-state index contributed by atoms with van der Waals surface area (Å²) in [4.78, 5) is 6.69. The normalized spacial score (nSPS) is 22.8. The van der Waals surface area contributed by atoms with Crippen molar-refractivity contribution in [1.29, 1.82) is 0 Å². The van der Waals surface area contributed by atoms with Crippen LogP contribution in [0.2, 0.25) is 0 Å². The molecule has 0 amide bonds. The van der Waals surface area contributed by atoms with Crippen molar-refractivity contribution in [3.63, 3.8) is 0 Å². The zero-order valence-corrected chi connectivity index (χ0v) is 11.4. The highest BCUT2D eigenvalue weighted by Gasteiger charge is 2.26. The molecule has 3 rings (SSSR count). The second kappa shape index (κ2) is 4.92. The van der Waals surface area contributed by atoms with Gasteiger partial charge in [-0.1, -0.05) is 6.07 Å². The Bertz CT molecular complexity index is 580. The summed E-state index contributed by atoms with van der Waals surface area (Å²) in [5.74, 6) is 0.692. The number of rotatable bonds is 2. The van der Waals surface area contributed by atoms with Gasteiger partial charge < -0.3 is 15.5 Å². The molecule has 0 spiro atoms. The number of aromatic nitrogens is 1. The molecule has 5 heteroatoms. The van der Waals surface area contributed by atoms with E-state index in [4.69, 9.17) is 10.2 Å². The summed E-state index contributed by atoms with van der Waals surface area (Å²) in [6.45, 7) is 4.84. The van der Waals surface area contributed by atoms with E-state index < -0.39 is 0 Å². The molecule has 5 nitrogen and oxygen atoms in total. The van der Waals surface area contributed by atoms with Gasteiger partial charge in [-0.15, -0.1) is 0 Å². The highest BCUT2D eigenvalue weighted by atomic mass is 16.3. The first-order valence-electron chi connectivity index (χ1n) is 6.69. The second-order valence-electron chi connectivity index (χ2n) is 5.24. The molecule has 2 atom stereocenters. The van der Waals surface area contributed by atoms with Gasteiger partial charge in [0.2, 0.25) is 0 Å². The molecule has 1 saturated heterocycles. The van der Waals surface area contributed by atoms with E-state index in [1.165, 1.54) is 0 Å². The van der Waals surface area contributed by atoms with Crippen LogP contribution in [-0.4, -0.2) is 42.6 Å². The highest BCUT2D eigenvalue weighted by molar-refractivity contribution is 5.73. The molecule has 0 radical (unpaired) electrons. The molecule has 102 valence electrons. The molecule has 1 aliphatic heterocycles. The number of hydrogen-bond acceptors (Lipinski definition) is 5. The number of nitrogens with zero attached hydrogens (tertiary/aromatic N) is 2. The third kappa shape index (κ3) is 2.36. The molecule has 2 unspecified atom stereocenters. The Labute approximate surface area is 112 Å². The van der Waals surface area contributed by atoms with Gasteiger partial charge in [0.15, 0.2) is 11.5 Å². The van der Waals surface area contributed by atoms with E-state index in [9.17, 15) is 0 Å². The average Bonchev–Trinajstić information content (AvgIpc) is 2.77. The minimum absolute atomic E-state index is 0.0146. The third-order valence-electron chi connectivity index (χ3n) is 3.88. The van der Waals surface area contributed by atoms with Crippen LogP contribution >= 0.6 is 0 Å². The summed E-state index contributed by atoms with van der Waals surface area (Å²) in [5, 5.41) is 3.40. The first kappa shape index (κ1) is 12.6. The second-order valence-corrected chi connectivity index (χ2v) is 5.24.